The van der Waals surface area contributed by atoms with Crippen molar-refractivity contribution in [3.63, 3.8) is 0 Å². The van der Waals surface area contributed by atoms with Crippen LogP contribution in [0.5, 0.6) is 23.0 Å². The van der Waals surface area contributed by atoms with Gasteiger partial charge in [-0.05, 0) is 61.3 Å². The molecule has 12 nitrogen and oxygen atoms in total. The quantitative estimate of drug-likeness (QED) is 0.211. The summed E-state index contributed by atoms with van der Waals surface area (Å²) in [6, 6.07) is 9.16. The maximum atomic E-state index is 11.0. The van der Waals surface area contributed by atoms with Gasteiger partial charge in [0.15, 0.2) is 29.1 Å². The molecule has 1 heterocycles. The Morgan fingerprint density at radius 2 is 1.38 bits per heavy atom. The van der Waals surface area contributed by atoms with Gasteiger partial charge in [-0.2, -0.15) is 0 Å². The predicted octanol–water partition coefficient (Wildman–Crippen LogP) is -1.24. The number of carboxylic acid groups (broad SMARTS) is 1. The molecule has 2 aromatic rings. The monoisotopic (exact) mass is 482 g/mol. The van der Waals surface area contributed by atoms with Crippen molar-refractivity contribution in [2.45, 2.75) is 43.5 Å². The van der Waals surface area contributed by atoms with E-state index in [1.54, 1.807) is 12.1 Å². The Morgan fingerprint density at radius 3 is 1.91 bits per heavy atom. The van der Waals surface area contributed by atoms with Crippen molar-refractivity contribution in [1.29, 1.82) is 0 Å². The molecule has 1 saturated heterocycles. The van der Waals surface area contributed by atoms with Crippen molar-refractivity contribution < 1.29 is 50.0 Å². The van der Waals surface area contributed by atoms with E-state index >= 15 is 0 Å². The van der Waals surface area contributed by atoms with Crippen molar-refractivity contribution in [1.82, 2.24) is 0 Å². The summed E-state index contributed by atoms with van der Waals surface area (Å²) in [5.74, 6) is -2.01. The van der Waals surface area contributed by atoms with Gasteiger partial charge in [-0.15, -0.1) is 0 Å². The normalized spacial score (nSPS) is 24.1. The van der Waals surface area contributed by atoms with E-state index in [1.807, 2.05) is 0 Å². The minimum Gasteiger partial charge on any atom is -0.504 e. The lowest BCUT2D eigenvalue weighted by Gasteiger charge is -2.38. The molecule has 5 atom stereocenters. The van der Waals surface area contributed by atoms with Gasteiger partial charge in [0.25, 0.3) is 0 Å². The van der Waals surface area contributed by atoms with Gasteiger partial charge in [0.05, 0.1) is 0 Å². The van der Waals surface area contributed by atoms with Crippen molar-refractivity contribution in [3.05, 3.63) is 47.5 Å². The number of carboxylic acids is 1. The molecule has 0 radical (unpaired) electrons. The molecule has 0 aliphatic carbocycles. The third-order valence-corrected chi connectivity index (χ3v) is 4.99. The molecule has 0 bridgehead atoms. The summed E-state index contributed by atoms with van der Waals surface area (Å²) in [4.78, 5) is 11.0. The van der Waals surface area contributed by atoms with Gasteiger partial charge >= 0.3 is 5.97 Å². The average molecular weight is 482 g/mol. The van der Waals surface area contributed by atoms with Crippen LogP contribution < -0.4 is 16.2 Å². The van der Waals surface area contributed by atoms with Crippen LogP contribution in [-0.2, 0) is 22.4 Å². The molecule has 2 aromatic carbocycles. The van der Waals surface area contributed by atoms with Crippen LogP contribution in [0.25, 0.3) is 0 Å². The molecule has 1 aliphatic heterocycles. The number of rotatable bonds is 7. The molecular weight excluding hydrogens is 452 g/mol. The number of hydrogen-bond acceptors (Lipinski definition) is 11. The van der Waals surface area contributed by atoms with Crippen molar-refractivity contribution >= 4 is 5.97 Å². The maximum Gasteiger partial charge on any atom is 0.335 e. The number of aliphatic carboxylic acids is 1. The number of phenolic OH excluding ortho intramolecular Hbond substituents is 3. The lowest BCUT2D eigenvalue weighted by atomic mass is 9.99. The highest BCUT2D eigenvalue weighted by atomic mass is 16.7. The largest absolute Gasteiger partial charge is 0.504 e. The first-order chi connectivity index (χ1) is 16.1. The molecule has 1 unspecified atom stereocenters. The van der Waals surface area contributed by atoms with Crippen LogP contribution in [-0.4, -0.2) is 85.5 Å². The standard InChI is InChI=1S/C14H19NO8.C8H11NO2/c15-4-3-6-1-2-7(16)8(5-6)22-14-11(19)9(17)10(18)12(23-14)13(20)21;9-4-3-6-1-2-7(10)8(11)5-6/h1-2,5,9-12,14,16-19H,3-4,15H2,(H,20,21);1-2,5,10-11H,3-4,9H2/t9-,10-,11+,12-,14?;/m0./s1. The van der Waals surface area contributed by atoms with Gasteiger partial charge in [-0.25, -0.2) is 4.79 Å². The summed E-state index contributed by atoms with van der Waals surface area (Å²) >= 11 is 0. The van der Waals surface area contributed by atoms with Crippen LogP contribution in [0.2, 0.25) is 0 Å². The molecule has 1 aliphatic rings. The van der Waals surface area contributed by atoms with Crippen LogP contribution >= 0.6 is 0 Å². The summed E-state index contributed by atoms with van der Waals surface area (Å²) in [5, 5.41) is 65.9. The molecule has 1 fully saturated rings. The number of ether oxygens (including phenoxy) is 2. The Balaban J connectivity index is 0.000000310. The van der Waals surface area contributed by atoms with Gasteiger partial charge in [-0.1, -0.05) is 12.1 Å². The van der Waals surface area contributed by atoms with E-state index in [4.69, 9.17) is 36.3 Å². The number of benzene rings is 2. The number of aliphatic hydroxyl groups is 3. The smallest absolute Gasteiger partial charge is 0.335 e. The fraction of sp³-hybridized carbons (Fsp3) is 0.409. The van der Waals surface area contributed by atoms with Crippen LogP contribution in [0.15, 0.2) is 36.4 Å². The van der Waals surface area contributed by atoms with Crippen LogP contribution in [0.4, 0.5) is 0 Å². The second kappa shape index (κ2) is 12.4. The van der Waals surface area contributed by atoms with E-state index in [0.29, 0.717) is 25.9 Å². The van der Waals surface area contributed by atoms with E-state index < -0.39 is 36.7 Å². The summed E-state index contributed by atoms with van der Waals surface area (Å²) in [5.41, 5.74) is 12.4. The minimum absolute atomic E-state index is 0.0623. The second-order valence-electron chi connectivity index (χ2n) is 7.56. The minimum atomic E-state index is -1.81. The van der Waals surface area contributed by atoms with E-state index in [-0.39, 0.29) is 23.0 Å². The third kappa shape index (κ3) is 6.93. The Bertz CT molecular complexity index is 957. The topological polar surface area (TPSA) is 229 Å². The number of hydrogen-bond donors (Lipinski definition) is 9. The fourth-order valence-electron chi connectivity index (χ4n) is 3.14. The molecule has 3 rings (SSSR count). The van der Waals surface area contributed by atoms with Crippen molar-refractivity contribution in [3.8, 4) is 23.0 Å². The molecular formula is C22H30N2O10. The third-order valence-electron chi connectivity index (χ3n) is 4.99. The molecule has 0 saturated carbocycles. The van der Waals surface area contributed by atoms with E-state index in [1.165, 1.54) is 24.3 Å². The molecule has 11 N–H and O–H groups in total. The maximum absolute atomic E-state index is 11.0. The highest BCUT2D eigenvalue weighted by Gasteiger charge is 2.48. The van der Waals surface area contributed by atoms with Gasteiger partial charge < -0.3 is 56.7 Å². The first-order valence-corrected chi connectivity index (χ1v) is 10.4. The van der Waals surface area contributed by atoms with Crippen molar-refractivity contribution in [2.24, 2.45) is 11.5 Å². The van der Waals surface area contributed by atoms with Crippen LogP contribution in [0.3, 0.4) is 0 Å². The SMILES string of the molecule is NCCc1ccc(O)c(O)c1.NCCc1ccc(O)c(OC2O[C@H](C(=O)O)[C@@H](O)[C@H](O)[C@H]2O)c1. The summed E-state index contributed by atoms with van der Waals surface area (Å²) < 4.78 is 10.3. The number of aliphatic hydroxyl groups excluding tert-OH is 3. The van der Waals surface area contributed by atoms with Crippen LogP contribution in [0.1, 0.15) is 11.1 Å². The summed E-state index contributed by atoms with van der Waals surface area (Å²) in [7, 11) is 0. The van der Waals surface area contributed by atoms with Crippen LogP contribution in [0, 0.1) is 0 Å². The number of aromatic hydroxyl groups is 3. The predicted molar refractivity (Wildman–Crippen MR) is 118 cm³/mol. The molecule has 0 aromatic heterocycles. The molecule has 34 heavy (non-hydrogen) atoms. The van der Waals surface area contributed by atoms with Gasteiger partial charge in [0.1, 0.15) is 18.3 Å². The van der Waals surface area contributed by atoms with Gasteiger partial charge in [0, 0.05) is 0 Å². The number of phenols is 3. The fourth-order valence-corrected chi connectivity index (χ4v) is 3.14. The number of nitrogens with two attached hydrogens (primary N) is 2. The molecule has 188 valence electrons. The Labute approximate surface area is 195 Å². The lowest BCUT2D eigenvalue weighted by Crippen LogP contribution is -2.61. The van der Waals surface area contributed by atoms with Gasteiger partial charge in [-0.3, -0.25) is 0 Å². The van der Waals surface area contributed by atoms with E-state index in [2.05, 4.69) is 0 Å². The second-order valence-corrected chi connectivity index (χ2v) is 7.56. The van der Waals surface area contributed by atoms with Crippen molar-refractivity contribution in [2.75, 3.05) is 13.1 Å². The molecule has 12 heteroatoms. The average Bonchev–Trinajstić information content (AvgIpc) is 2.79. The zero-order valence-corrected chi connectivity index (χ0v) is 18.2. The lowest BCUT2D eigenvalue weighted by molar-refractivity contribution is -0.271. The first-order valence-electron chi connectivity index (χ1n) is 10.4. The summed E-state index contributed by atoms with van der Waals surface area (Å²) in [6.07, 6.45) is -7.39. The van der Waals surface area contributed by atoms with Gasteiger partial charge in [0.2, 0.25) is 6.29 Å². The molecule has 0 spiro atoms. The summed E-state index contributed by atoms with van der Waals surface area (Å²) in [6.45, 7) is 0.920. The highest BCUT2D eigenvalue weighted by Crippen LogP contribution is 2.31. The first kappa shape index (κ1) is 27.1. The zero-order valence-electron chi connectivity index (χ0n) is 18.2. The molecule has 0 amide bonds. The Hall–Kier alpha value is -3.13. The van der Waals surface area contributed by atoms with E-state index in [9.17, 15) is 25.2 Å². The Morgan fingerprint density at radius 1 is 0.824 bits per heavy atom. The number of carbonyl (C=O) groups is 1. The zero-order chi connectivity index (χ0) is 25.4. The highest BCUT2D eigenvalue weighted by molar-refractivity contribution is 5.73. The van der Waals surface area contributed by atoms with E-state index in [0.717, 1.165) is 11.1 Å². The Kier molecular flexibility index (Phi) is 9.86.